The number of rotatable bonds is 0. The third kappa shape index (κ3) is 18.3. The van der Waals surface area contributed by atoms with Crippen LogP contribution in [0.25, 0.3) is 0 Å². The Kier molecular flexibility index (Phi) is 18.8. The predicted molar refractivity (Wildman–Crippen MR) is 114 cm³/mol. The molecule has 0 aromatic carbocycles. The van der Waals surface area contributed by atoms with E-state index in [1.807, 2.05) is 17.3 Å². The van der Waals surface area contributed by atoms with Crippen molar-refractivity contribution < 1.29 is 22.0 Å². The molecule has 0 rings (SSSR count). The summed E-state index contributed by atoms with van der Waals surface area (Å²) in [4.78, 5) is 0. The molecule has 0 atom stereocenters. The summed E-state index contributed by atoms with van der Waals surface area (Å²) in [6.45, 7) is 37.3. The zero-order chi connectivity index (χ0) is 21.2. The Labute approximate surface area is 170 Å². The van der Waals surface area contributed by atoms with E-state index in [2.05, 4.69) is 113 Å². The van der Waals surface area contributed by atoms with E-state index in [0.717, 1.165) is 0 Å². The quantitative estimate of drug-likeness (QED) is 0.143. The van der Waals surface area contributed by atoms with Crippen LogP contribution in [0, 0.1) is 6.65 Å². The van der Waals surface area contributed by atoms with Crippen molar-refractivity contribution in [1.82, 2.24) is 0 Å². The molecule has 0 unspecified atom stereocenters. The summed E-state index contributed by atoms with van der Waals surface area (Å²) in [5, 5.41) is 2.03. The molecule has 0 saturated carbocycles. The van der Waals surface area contributed by atoms with Crippen LogP contribution in [0.5, 0.6) is 0 Å². The molecule has 149 valence electrons. The van der Waals surface area contributed by atoms with Gasteiger partial charge in [-0.15, -0.1) is 0 Å². The Morgan fingerprint density at radius 2 is 0.625 bits per heavy atom. The normalized spacial score (nSPS) is 12.3. The Morgan fingerprint density at radius 1 is 0.542 bits per heavy atom. The molecule has 5 heteroatoms. The van der Waals surface area contributed by atoms with Crippen LogP contribution in [0.4, 0.5) is 0 Å². The molecule has 0 saturated heterocycles. The second kappa shape index (κ2) is 13.6. The molecule has 0 heterocycles. The van der Waals surface area contributed by atoms with E-state index in [9.17, 15) is 0 Å². The van der Waals surface area contributed by atoms with Gasteiger partial charge in [0.1, 0.15) is 0 Å². The summed E-state index contributed by atoms with van der Waals surface area (Å²) in [6, 6.07) is 0. The van der Waals surface area contributed by atoms with Crippen LogP contribution in [-0.2, 0) is 22.0 Å². The second-order valence-electron chi connectivity index (χ2n) is 9.80. The maximum absolute atomic E-state index is 7.50. The van der Waals surface area contributed by atoms with Gasteiger partial charge in [-0.3, -0.25) is 0 Å². The van der Waals surface area contributed by atoms with Crippen molar-refractivity contribution in [1.29, 1.82) is 0 Å². The van der Waals surface area contributed by atoms with Gasteiger partial charge in [0.2, 0.25) is 0 Å². The zero-order valence-electron chi connectivity index (χ0n) is 18.5. The van der Waals surface area contributed by atoms with Crippen LogP contribution < -0.4 is 0 Å². The number of hydrogen-bond donors (Lipinski definition) is 0. The van der Waals surface area contributed by atoms with Crippen LogP contribution >= 0.6 is 25.5 Å². The number of hydrogen-bond acceptors (Lipinski definition) is 0. The molecule has 0 aliphatic rings. The molecule has 0 spiro atoms. The summed E-state index contributed by atoms with van der Waals surface area (Å²) in [6.07, 6.45) is 0. The van der Waals surface area contributed by atoms with Gasteiger partial charge < -0.3 is 0 Å². The van der Waals surface area contributed by atoms with Crippen molar-refractivity contribution in [3.8, 4) is 0 Å². The topological polar surface area (TPSA) is 19.9 Å². The molecule has 24 heavy (non-hydrogen) atoms. The van der Waals surface area contributed by atoms with Gasteiger partial charge in [-0.1, -0.05) is 98.9 Å². The Balaban J connectivity index is -0.000000138. The predicted octanol–water partition coefficient (Wildman–Crippen LogP) is 8.04. The van der Waals surface area contributed by atoms with Crippen LogP contribution in [-0.4, -0.2) is 34.0 Å². The van der Waals surface area contributed by atoms with Crippen molar-refractivity contribution in [2.75, 3.05) is 13.3 Å². The minimum atomic E-state index is 0.137. The molecule has 1 nitrogen and oxygen atoms in total. The summed E-state index contributed by atoms with van der Waals surface area (Å²) in [5.41, 5.74) is 0. The van der Waals surface area contributed by atoms with Crippen molar-refractivity contribution in [2.45, 2.75) is 104 Å². The molecule has 0 amide bonds. The zero-order valence-corrected chi connectivity index (χ0v) is 22.8. The van der Waals surface area contributed by atoms with Crippen LogP contribution in [0.1, 0.15) is 83.1 Å². The fourth-order valence-electron chi connectivity index (χ4n) is 2.01. The van der Waals surface area contributed by atoms with Gasteiger partial charge in [0, 0.05) is 0 Å². The van der Waals surface area contributed by atoms with Crippen molar-refractivity contribution in [3.05, 3.63) is 6.65 Å². The van der Waals surface area contributed by atoms with Gasteiger partial charge in [0.05, 0.1) is 0 Å². The first-order chi connectivity index (χ1) is 10.3. The Bertz CT molecular complexity index is 259. The standard InChI is InChI=1S/2C9H21P.CO.ClH.Ru/c2*1-8(2,3)10(7)9(4,5)6;1-2;;/h2*1-7H3;;1H;/q;;;;+1/p-1. The van der Waals surface area contributed by atoms with E-state index >= 15 is 0 Å². The monoisotopic (exact) mass is 485 g/mol. The Morgan fingerprint density at radius 3 is 0.625 bits per heavy atom. The summed E-state index contributed by atoms with van der Waals surface area (Å²) >= 11 is 1.82. The summed E-state index contributed by atoms with van der Waals surface area (Å²) < 4.78 is 7.50. The average molecular weight is 485 g/mol. The number of halogens is 1. The van der Waals surface area contributed by atoms with Gasteiger partial charge in [-0.25, -0.2) is 0 Å². The summed E-state index contributed by atoms with van der Waals surface area (Å²) in [5.74, 6) is 0. The molecule has 0 radical (unpaired) electrons. The van der Waals surface area contributed by atoms with Crippen LogP contribution in [0.3, 0.4) is 0 Å². The molecule has 0 aliphatic heterocycles. The van der Waals surface area contributed by atoms with Gasteiger partial charge in [0.25, 0.3) is 0 Å². The van der Waals surface area contributed by atoms with E-state index in [-0.39, 0.29) is 15.8 Å². The fraction of sp³-hybridized carbons (Fsp3) is 0.947. The second-order valence-corrected chi connectivity index (χ2v) is 17.4. The third-order valence-electron chi connectivity index (χ3n) is 4.02. The first kappa shape index (κ1) is 33.1. The van der Waals surface area contributed by atoms with E-state index in [4.69, 9.17) is 4.65 Å². The van der Waals surface area contributed by atoms with Crippen LogP contribution in [0.2, 0.25) is 0 Å². The van der Waals surface area contributed by atoms with Crippen molar-refractivity contribution >= 4 is 25.5 Å². The van der Waals surface area contributed by atoms with E-state index in [1.165, 1.54) is 0 Å². The molecule has 0 aromatic rings. The van der Waals surface area contributed by atoms with Gasteiger partial charge in [0.15, 0.2) is 0 Å². The van der Waals surface area contributed by atoms with Crippen molar-refractivity contribution in [2.24, 2.45) is 0 Å². The van der Waals surface area contributed by atoms with Crippen molar-refractivity contribution in [3.63, 3.8) is 0 Å². The Hall–Kier alpha value is 1.51. The fourth-order valence-corrected chi connectivity index (χ4v) is 6.04. The average Bonchev–Trinajstić information content (AvgIpc) is 2.38. The molecular weight excluding hydrogens is 443 g/mol. The summed E-state index contributed by atoms with van der Waals surface area (Å²) in [7, 11) is 4.84. The van der Waals surface area contributed by atoms with E-state index < -0.39 is 0 Å². The molecular formula is C19H42ClOP2Ru. The maximum atomic E-state index is 7.50. The molecule has 0 aliphatic carbocycles. The van der Waals surface area contributed by atoms with Gasteiger partial charge in [-0.05, 0) is 34.0 Å². The van der Waals surface area contributed by atoms with Gasteiger partial charge >= 0.3 is 38.3 Å². The SMILES string of the molecule is CP(C(C)(C)C)C(C)(C)C.CP(C(C)(C)C)C(C)(C)C.[C-]#[O+].[Cl][Ru]. The van der Waals surface area contributed by atoms with E-state index in [1.54, 1.807) is 0 Å². The first-order valence-corrected chi connectivity index (χ1v) is 13.9. The first-order valence-electron chi connectivity index (χ1n) is 8.13. The molecule has 0 fully saturated rings. The minimum absolute atomic E-state index is 0.137. The van der Waals surface area contributed by atoms with Gasteiger partial charge in [-0.2, -0.15) is 0 Å². The van der Waals surface area contributed by atoms with E-state index in [0.29, 0.717) is 20.6 Å². The molecule has 0 bridgehead atoms. The van der Waals surface area contributed by atoms with Crippen LogP contribution in [0.15, 0.2) is 0 Å². The third-order valence-corrected chi connectivity index (χ3v) is 12.1. The molecule has 0 N–H and O–H groups in total. The molecule has 0 aromatic heterocycles.